The highest BCUT2D eigenvalue weighted by atomic mass is 32.2. The van der Waals surface area contributed by atoms with Gasteiger partial charge in [0.25, 0.3) is 5.22 Å². The maximum absolute atomic E-state index is 12.5. The molecule has 0 saturated heterocycles. The number of nitrogens with one attached hydrogen (secondary N) is 1. The third kappa shape index (κ3) is 4.20. The number of aromatic nitrogens is 1. The summed E-state index contributed by atoms with van der Waals surface area (Å²) in [6.07, 6.45) is 1.52. The zero-order valence-corrected chi connectivity index (χ0v) is 17.0. The Kier molecular flexibility index (Phi) is 5.68. The number of carbonyl (C=O) groups is 2. The Bertz CT molecular complexity index is 1110. The fraction of sp³-hybridized carbons (Fsp3) is 0.150. The molecule has 0 unspecified atom stereocenters. The fourth-order valence-electron chi connectivity index (χ4n) is 2.67. The van der Waals surface area contributed by atoms with E-state index in [1.54, 1.807) is 24.4 Å². The molecule has 0 saturated carbocycles. The molecule has 3 aromatic heterocycles. The number of amides is 1. The van der Waals surface area contributed by atoms with E-state index in [2.05, 4.69) is 10.3 Å². The largest absolute Gasteiger partial charge is 0.464 e. The monoisotopic (exact) mass is 428 g/mol. The zero-order chi connectivity index (χ0) is 20.2. The number of para-hydroxylation sites is 2. The number of thioether (sulfide) groups is 1. The van der Waals surface area contributed by atoms with Crippen LogP contribution in [0.1, 0.15) is 17.3 Å². The van der Waals surface area contributed by atoms with E-state index in [0.717, 1.165) is 5.52 Å². The lowest BCUT2D eigenvalue weighted by atomic mass is 10.1. The Morgan fingerprint density at radius 2 is 2.10 bits per heavy atom. The molecule has 4 rings (SSSR count). The van der Waals surface area contributed by atoms with Crippen molar-refractivity contribution in [1.29, 1.82) is 0 Å². The topological polar surface area (TPSA) is 94.6 Å². The zero-order valence-electron chi connectivity index (χ0n) is 15.3. The van der Waals surface area contributed by atoms with Crippen LogP contribution in [0, 0.1) is 0 Å². The van der Waals surface area contributed by atoms with Crippen molar-refractivity contribution in [2.45, 2.75) is 12.1 Å². The minimum absolute atomic E-state index is 0.0864. The summed E-state index contributed by atoms with van der Waals surface area (Å²) in [6.45, 7) is 1.96. The van der Waals surface area contributed by atoms with Gasteiger partial charge in [0.15, 0.2) is 5.58 Å². The number of fused-ring (bicyclic) bond motifs is 1. The van der Waals surface area contributed by atoms with Crippen LogP contribution in [0.3, 0.4) is 0 Å². The molecule has 0 atom stereocenters. The van der Waals surface area contributed by atoms with E-state index in [1.165, 1.54) is 29.4 Å². The van der Waals surface area contributed by atoms with E-state index in [1.807, 2.05) is 24.3 Å². The van der Waals surface area contributed by atoms with Gasteiger partial charge in [0.05, 0.1) is 18.6 Å². The van der Waals surface area contributed by atoms with Crippen LogP contribution in [-0.2, 0) is 9.53 Å². The molecule has 0 spiro atoms. The van der Waals surface area contributed by atoms with E-state index >= 15 is 0 Å². The van der Waals surface area contributed by atoms with Crippen LogP contribution < -0.4 is 5.32 Å². The number of esters is 1. The maximum atomic E-state index is 12.5. The summed E-state index contributed by atoms with van der Waals surface area (Å²) < 4.78 is 16.2. The summed E-state index contributed by atoms with van der Waals surface area (Å²) >= 11 is 2.42. The Hall–Kier alpha value is -3.04. The first kappa shape index (κ1) is 19.3. The number of rotatable bonds is 7. The van der Waals surface area contributed by atoms with Gasteiger partial charge in [-0.05, 0) is 31.2 Å². The molecule has 1 amide bonds. The lowest BCUT2D eigenvalue weighted by molar-refractivity contribution is -0.113. The summed E-state index contributed by atoms with van der Waals surface area (Å²) in [6, 6.07) is 10.9. The van der Waals surface area contributed by atoms with E-state index in [0.29, 0.717) is 27.1 Å². The molecular formula is C20H16N2O5S2. The molecule has 0 aliphatic rings. The third-order valence-corrected chi connectivity index (χ3v) is 5.63. The normalized spacial score (nSPS) is 10.9. The Balaban J connectivity index is 1.49. The van der Waals surface area contributed by atoms with E-state index in [-0.39, 0.29) is 23.8 Å². The first-order valence-corrected chi connectivity index (χ1v) is 10.6. The van der Waals surface area contributed by atoms with Gasteiger partial charge in [-0.25, -0.2) is 9.78 Å². The van der Waals surface area contributed by atoms with Crippen molar-refractivity contribution < 1.29 is 23.2 Å². The van der Waals surface area contributed by atoms with Crippen LogP contribution in [0.2, 0.25) is 0 Å². The number of benzene rings is 1. The van der Waals surface area contributed by atoms with Gasteiger partial charge in [-0.3, -0.25) is 4.79 Å². The van der Waals surface area contributed by atoms with Gasteiger partial charge in [0.2, 0.25) is 5.91 Å². The van der Waals surface area contributed by atoms with Crippen molar-refractivity contribution in [2.24, 2.45) is 0 Å². The van der Waals surface area contributed by atoms with E-state index < -0.39 is 5.97 Å². The number of hydrogen-bond acceptors (Lipinski definition) is 8. The molecule has 1 N–H and O–H groups in total. The van der Waals surface area contributed by atoms with Gasteiger partial charge in [-0.15, -0.1) is 11.3 Å². The molecule has 9 heteroatoms. The molecule has 3 heterocycles. The first-order valence-electron chi connectivity index (χ1n) is 8.76. The molecule has 0 fully saturated rings. The summed E-state index contributed by atoms with van der Waals surface area (Å²) in [4.78, 5) is 29.3. The summed E-state index contributed by atoms with van der Waals surface area (Å²) in [5.41, 5.74) is 2.27. The van der Waals surface area contributed by atoms with Crippen LogP contribution in [0.25, 0.3) is 22.4 Å². The minimum Gasteiger partial charge on any atom is -0.464 e. The molecule has 7 nitrogen and oxygen atoms in total. The van der Waals surface area contributed by atoms with Crippen LogP contribution in [0.4, 0.5) is 5.00 Å². The molecule has 0 radical (unpaired) electrons. The molecule has 0 bridgehead atoms. The van der Waals surface area contributed by atoms with Crippen molar-refractivity contribution in [1.82, 2.24) is 4.98 Å². The first-order chi connectivity index (χ1) is 14.2. The molecule has 0 aliphatic carbocycles. The highest BCUT2D eigenvalue weighted by Gasteiger charge is 2.24. The maximum Gasteiger partial charge on any atom is 0.341 e. The standard InChI is InChI=1S/C20H16N2O5S2/c1-2-25-19(24)17-12(14-8-5-9-26-14)10-28-18(17)22-16(23)11-29-20-21-13-6-3-4-7-15(13)27-20/h3-10H,2,11H2,1H3,(H,22,23). The van der Waals surface area contributed by atoms with Crippen molar-refractivity contribution in [3.8, 4) is 11.3 Å². The molecule has 4 aromatic rings. The molecule has 1 aromatic carbocycles. The average Bonchev–Trinajstić information content (AvgIpc) is 3.45. The van der Waals surface area contributed by atoms with Gasteiger partial charge in [-0.2, -0.15) is 0 Å². The highest BCUT2D eigenvalue weighted by Crippen LogP contribution is 2.36. The predicted octanol–water partition coefficient (Wildman–Crippen LogP) is 5.06. The van der Waals surface area contributed by atoms with E-state index in [9.17, 15) is 9.59 Å². The van der Waals surface area contributed by atoms with Gasteiger partial charge in [0, 0.05) is 10.9 Å². The smallest absolute Gasteiger partial charge is 0.341 e. The average molecular weight is 428 g/mol. The van der Waals surface area contributed by atoms with Crippen LogP contribution >= 0.6 is 23.1 Å². The molecule has 148 valence electrons. The number of ether oxygens (including phenoxy) is 1. The lowest BCUT2D eigenvalue weighted by Gasteiger charge is -2.07. The number of nitrogens with zero attached hydrogens (tertiary/aromatic N) is 1. The van der Waals surface area contributed by atoms with Crippen molar-refractivity contribution in [3.63, 3.8) is 0 Å². The second-order valence-corrected chi connectivity index (χ2v) is 7.64. The Labute approximate surface area is 174 Å². The number of carbonyl (C=O) groups excluding carboxylic acids is 2. The fourth-order valence-corrected chi connectivity index (χ4v) is 4.26. The second-order valence-electron chi connectivity index (χ2n) is 5.84. The number of hydrogen-bond donors (Lipinski definition) is 1. The molecule has 29 heavy (non-hydrogen) atoms. The number of anilines is 1. The van der Waals surface area contributed by atoms with Gasteiger partial charge in [0.1, 0.15) is 21.8 Å². The van der Waals surface area contributed by atoms with Crippen LogP contribution in [0.15, 0.2) is 62.1 Å². The molecule has 0 aliphatic heterocycles. The second kappa shape index (κ2) is 8.54. The number of furan rings is 1. The minimum atomic E-state index is -0.512. The van der Waals surface area contributed by atoms with Crippen LogP contribution in [-0.4, -0.2) is 29.2 Å². The summed E-state index contributed by atoms with van der Waals surface area (Å²) in [7, 11) is 0. The van der Waals surface area contributed by atoms with Gasteiger partial charge in [-0.1, -0.05) is 23.9 Å². The Morgan fingerprint density at radius 1 is 1.24 bits per heavy atom. The number of oxazole rings is 1. The van der Waals surface area contributed by atoms with E-state index in [4.69, 9.17) is 13.6 Å². The summed E-state index contributed by atoms with van der Waals surface area (Å²) in [5, 5.41) is 5.37. The Morgan fingerprint density at radius 3 is 2.86 bits per heavy atom. The van der Waals surface area contributed by atoms with Crippen molar-refractivity contribution in [2.75, 3.05) is 17.7 Å². The SMILES string of the molecule is CCOC(=O)c1c(-c2ccco2)csc1NC(=O)CSc1nc2ccccc2o1. The lowest BCUT2D eigenvalue weighted by Crippen LogP contribution is -2.16. The highest BCUT2D eigenvalue weighted by molar-refractivity contribution is 7.99. The van der Waals surface area contributed by atoms with Crippen molar-refractivity contribution in [3.05, 3.63) is 53.6 Å². The number of thiophene rings is 1. The molecular weight excluding hydrogens is 412 g/mol. The van der Waals surface area contributed by atoms with Gasteiger partial charge >= 0.3 is 5.97 Å². The summed E-state index contributed by atoms with van der Waals surface area (Å²) in [5.74, 6) is -0.174. The predicted molar refractivity (Wildman–Crippen MR) is 111 cm³/mol. The van der Waals surface area contributed by atoms with Crippen molar-refractivity contribution >= 4 is 51.1 Å². The quantitative estimate of drug-likeness (QED) is 0.325. The third-order valence-electron chi connectivity index (χ3n) is 3.91. The van der Waals surface area contributed by atoms with Gasteiger partial charge < -0.3 is 18.9 Å². The van der Waals surface area contributed by atoms with Crippen LogP contribution in [0.5, 0.6) is 0 Å².